The molecule has 148 valence electrons. The molecule has 0 aliphatic heterocycles. The van der Waals surface area contributed by atoms with Crippen molar-refractivity contribution in [2.75, 3.05) is 0 Å². The summed E-state index contributed by atoms with van der Waals surface area (Å²) >= 11 is 8.90. The summed E-state index contributed by atoms with van der Waals surface area (Å²) in [7, 11) is 0. The van der Waals surface area contributed by atoms with E-state index in [0.29, 0.717) is 32.0 Å². The molecule has 3 aromatic heterocycles. The predicted octanol–water partition coefficient (Wildman–Crippen LogP) is 5.18. The van der Waals surface area contributed by atoms with Crippen LogP contribution in [0.1, 0.15) is 5.82 Å². The number of fused-ring (bicyclic) bond motifs is 1. The molecule has 0 unspecified atom stereocenters. The van der Waals surface area contributed by atoms with Crippen molar-refractivity contribution in [1.29, 1.82) is 0 Å². The topological polar surface area (TPSA) is 76.5 Å². The Hall–Kier alpha value is -2.94. The molecular formula is C21H14ClN5OS2. The van der Waals surface area contributed by atoms with E-state index < -0.39 is 0 Å². The Morgan fingerprint density at radius 3 is 2.63 bits per heavy atom. The lowest BCUT2D eigenvalue weighted by Gasteiger charge is -2.10. The summed E-state index contributed by atoms with van der Waals surface area (Å²) in [6.45, 7) is 0. The Bertz CT molecular complexity index is 1380. The fraction of sp³-hybridized carbons (Fsp3) is 0.0476. The number of H-pyrrole nitrogens is 1. The molecule has 0 aliphatic carbocycles. The van der Waals surface area contributed by atoms with Gasteiger partial charge in [-0.25, -0.2) is 4.98 Å². The summed E-state index contributed by atoms with van der Waals surface area (Å²) in [6.07, 6.45) is 0. The largest absolute Gasteiger partial charge is 0.309 e. The Morgan fingerprint density at radius 1 is 1.03 bits per heavy atom. The van der Waals surface area contributed by atoms with Gasteiger partial charge in [-0.15, -0.1) is 21.5 Å². The standard InChI is InChI=1S/C21H14ClN5OS2/c22-14-8-6-13(7-9-14)19-25-26-21(27(19)15-4-2-1-3-5-15)30-12-17-23-16-10-11-29-18(16)20(28)24-17/h1-11H,12H2,(H,23,24,28). The van der Waals surface area contributed by atoms with Gasteiger partial charge in [-0.05, 0) is 47.8 Å². The average Bonchev–Trinajstić information content (AvgIpc) is 3.41. The molecular weight excluding hydrogens is 438 g/mol. The summed E-state index contributed by atoms with van der Waals surface area (Å²) in [6, 6.07) is 19.3. The number of benzene rings is 2. The second-order valence-corrected chi connectivity index (χ2v) is 8.72. The first-order chi connectivity index (χ1) is 14.7. The average molecular weight is 452 g/mol. The summed E-state index contributed by atoms with van der Waals surface area (Å²) in [5.74, 6) is 1.79. The molecule has 30 heavy (non-hydrogen) atoms. The number of nitrogens with zero attached hydrogens (tertiary/aromatic N) is 4. The number of nitrogens with one attached hydrogen (secondary N) is 1. The maximum atomic E-state index is 12.2. The fourth-order valence-corrected chi connectivity index (χ4v) is 4.76. The maximum absolute atomic E-state index is 12.2. The number of hydrogen-bond acceptors (Lipinski definition) is 6. The molecule has 5 aromatic rings. The summed E-state index contributed by atoms with van der Waals surface area (Å²) in [5.41, 5.74) is 2.46. The maximum Gasteiger partial charge on any atom is 0.268 e. The van der Waals surface area contributed by atoms with Crippen molar-refractivity contribution in [1.82, 2.24) is 24.7 Å². The number of aromatic amines is 1. The lowest BCUT2D eigenvalue weighted by molar-refractivity contribution is 0.883. The molecule has 1 N–H and O–H groups in total. The van der Waals surface area contributed by atoms with Gasteiger partial charge in [0.15, 0.2) is 11.0 Å². The van der Waals surface area contributed by atoms with E-state index in [9.17, 15) is 4.79 Å². The van der Waals surface area contributed by atoms with Gasteiger partial charge in [0.05, 0.1) is 11.3 Å². The predicted molar refractivity (Wildman–Crippen MR) is 122 cm³/mol. The lowest BCUT2D eigenvalue weighted by Crippen LogP contribution is -2.09. The van der Waals surface area contributed by atoms with Crippen molar-refractivity contribution >= 4 is 44.9 Å². The van der Waals surface area contributed by atoms with Gasteiger partial charge in [-0.3, -0.25) is 9.36 Å². The first-order valence-corrected chi connectivity index (χ1v) is 11.3. The fourth-order valence-electron chi connectivity index (χ4n) is 3.08. The Morgan fingerprint density at radius 2 is 1.83 bits per heavy atom. The van der Waals surface area contributed by atoms with Crippen LogP contribution in [0.15, 0.2) is 76.0 Å². The number of thiophene rings is 1. The zero-order chi connectivity index (χ0) is 20.5. The van der Waals surface area contributed by atoms with Gasteiger partial charge in [-0.1, -0.05) is 41.6 Å². The van der Waals surface area contributed by atoms with Gasteiger partial charge in [0.25, 0.3) is 5.56 Å². The first-order valence-electron chi connectivity index (χ1n) is 9.05. The molecule has 0 atom stereocenters. The number of para-hydroxylation sites is 1. The third-order valence-electron chi connectivity index (χ3n) is 4.45. The van der Waals surface area contributed by atoms with E-state index in [2.05, 4.69) is 20.2 Å². The SMILES string of the molecule is O=c1[nH]c(CSc2nnc(-c3ccc(Cl)cc3)n2-c2ccccc2)nc2ccsc12. The minimum absolute atomic E-state index is 0.114. The van der Waals surface area contributed by atoms with E-state index in [-0.39, 0.29) is 5.56 Å². The van der Waals surface area contributed by atoms with E-state index >= 15 is 0 Å². The minimum atomic E-state index is -0.114. The number of rotatable bonds is 5. The number of thioether (sulfide) groups is 1. The highest BCUT2D eigenvalue weighted by atomic mass is 35.5. The summed E-state index contributed by atoms with van der Waals surface area (Å²) in [4.78, 5) is 19.7. The van der Waals surface area contributed by atoms with Crippen molar-refractivity contribution < 1.29 is 0 Å². The molecule has 5 rings (SSSR count). The van der Waals surface area contributed by atoms with Crippen molar-refractivity contribution in [3.63, 3.8) is 0 Å². The van der Waals surface area contributed by atoms with Crippen molar-refractivity contribution in [3.8, 4) is 17.1 Å². The van der Waals surface area contributed by atoms with Gasteiger partial charge in [-0.2, -0.15) is 0 Å². The van der Waals surface area contributed by atoms with E-state index in [1.165, 1.54) is 23.1 Å². The van der Waals surface area contributed by atoms with Crippen LogP contribution in [0.2, 0.25) is 5.02 Å². The molecule has 2 aromatic carbocycles. The molecule has 0 radical (unpaired) electrons. The molecule has 9 heteroatoms. The lowest BCUT2D eigenvalue weighted by atomic mass is 10.2. The van der Waals surface area contributed by atoms with E-state index in [1.54, 1.807) is 0 Å². The highest BCUT2D eigenvalue weighted by Crippen LogP contribution is 2.30. The normalized spacial score (nSPS) is 11.2. The molecule has 0 spiro atoms. The van der Waals surface area contributed by atoms with Crippen LogP contribution in [0.5, 0.6) is 0 Å². The second-order valence-electron chi connectivity index (χ2n) is 6.42. The highest BCUT2D eigenvalue weighted by Gasteiger charge is 2.17. The van der Waals surface area contributed by atoms with Crippen LogP contribution < -0.4 is 5.56 Å². The Balaban J connectivity index is 1.52. The summed E-state index contributed by atoms with van der Waals surface area (Å²) < 4.78 is 2.64. The molecule has 6 nitrogen and oxygen atoms in total. The minimum Gasteiger partial charge on any atom is -0.309 e. The van der Waals surface area contributed by atoms with Crippen molar-refractivity contribution in [2.24, 2.45) is 0 Å². The number of hydrogen-bond donors (Lipinski definition) is 1. The molecule has 0 aliphatic rings. The van der Waals surface area contributed by atoms with Crippen LogP contribution in [0.4, 0.5) is 0 Å². The summed E-state index contributed by atoms with van der Waals surface area (Å²) in [5, 5.41) is 12.1. The van der Waals surface area contributed by atoms with Crippen LogP contribution in [-0.4, -0.2) is 24.7 Å². The van der Waals surface area contributed by atoms with Crippen LogP contribution in [0.25, 0.3) is 27.3 Å². The molecule has 0 saturated heterocycles. The van der Waals surface area contributed by atoms with Crippen molar-refractivity contribution in [2.45, 2.75) is 10.9 Å². The van der Waals surface area contributed by atoms with Gasteiger partial charge in [0.2, 0.25) is 0 Å². The zero-order valence-corrected chi connectivity index (χ0v) is 17.8. The van der Waals surface area contributed by atoms with Crippen LogP contribution in [0.3, 0.4) is 0 Å². The Kier molecular flexibility index (Phi) is 5.12. The van der Waals surface area contributed by atoms with Gasteiger partial charge >= 0.3 is 0 Å². The van der Waals surface area contributed by atoms with Crippen LogP contribution >= 0.6 is 34.7 Å². The molecule has 0 amide bonds. The molecule has 0 fully saturated rings. The Labute approximate surface area is 184 Å². The smallest absolute Gasteiger partial charge is 0.268 e. The zero-order valence-electron chi connectivity index (χ0n) is 15.4. The van der Waals surface area contributed by atoms with Crippen LogP contribution in [-0.2, 0) is 5.75 Å². The quantitative estimate of drug-likeness (QED) is 0.372. The van der Waals surface area contributed by atoms with Gasteiger partial charge < -0.3 is 4.98 Å². The third kappa shape index (κ3) is 3.65. The van der Waals surface area contributed by atoms with Crippen molar-refractivity contribution in [3.05, 3.63) is 87.2 Å². The van der Waals surface area contributed by atoms with Gasteiger partial charge in [0.1, 0.15) is 10.5 Å². The molecule has 0 saturated carbocycles. The first kappa shape index (κ1) is 19.0. The molecule has 0 bridgehead atoms. The monoisotopic (exact) mass is 451 g/mol. The number of halogens is 1. The van der Waals surface area contributed by atoms with Crippen LogP contribution in [0, 0.1) is 0 Å². The van der Waals surface area contributed by atoms with Gasteiger partial charge in [0, 0.05) is 16.3 Å². The number of aromatic nitrogens is 5. The second kappa shape index (κ2) is 8.06. The van der Waals surface area contributed by atoms with E-state index in [0.717, 1.165) is 17.1 Å². The van der Waals surface area contributed by atoms with E-state index in [1.807, 2.05) is 70.6 Å². The highest BCUT2D eigenvalue weighted by molar-refractivity contribution is 7.98. The molecule has 3 heterocycles. The third-order valence-corrected chi connectivity index (χ3v) is 6.55. The van der Waals surface area contributed by atoms with E-state index in [4.69, 9.17) is 11.6 Å².